The third-order valence-corrected chi connectivity index (χ3v) is 1.60. The maximum absolute atomic E-state index is 10.8. The summed E-state index contributed by atoms with van der Waals surface area (Å²) in [6, 6.07) is 0. The monoisotopic (exact) mass is 318 g/mol. The van der Waals surface area contributed by atoms with E-state index in [1.54, 1.807) is 0 Å². The van der Waals surface area contributed by atoms with Crippen LogP contribution in [0.25, 0.3) is 0 Å². The molecular formula is C8H13ClNa2O8. The standard InChI is InChI=1S/C8H10O8.ClH.2Na.2H/c1-4(9)16-8(7(14)15,2-5(10)11)3-6(12)13;;;;;/h2-3H2,1H3,(H,10,11)(H,12,13)(H,14,15);1H;;;;. The molecule has 0 aromatic rings. The second kappa shape index (κ2) is 12.0. The van der Waals surface area contributed by atoms with E-state index in [4.69, 9.17) is 15.3 Å². The van der Waals surface area contributed by atoms with Gasteiger partial charge in [-0.1, -0.05) is 0 Å². The Morgan fingerprint density at radius 1 is 0.947 bits per heavy atom. The Labute approximate surface area is 158 Å². The maximum atomic E-state index is 10.8. The van der Waals surface area contributed by atoms with Crippen LogP contribution in [0.15, 0.2) is 0 Å². The quantitative estimate of drug-likeness (QED) is 0.395. The molecule has 0 bridgehead atoms. The van der Waals surface area contributed by atoms with Crippen molar-refractivity contribution in [1.82, 2.24) is 0 Å². The Balaban J connectivity index is -0.000000375. The summed E-state index contributed by atoms with van der Waals surface area (Å²) in [4.78, 5) is 42.3. The van der Waals surface area contributed by atoms with Crippen LogP contribution in [0.4, 0.5) is 0 Å². The van der Waals surface area contributed by atoms with Gasteiger partial charge in [-0.15, -0.1) is 12.4 Å². The first-order valence-corrected chi connectivity index (χ1v) is 4.06. The van der Waals surface area contributed by atoms with E-state index in [1.165, 1.54) is 0 Å². The Morgan fingerprint density at radius 2 is 1.26 bits per heavy atom. The zero-order valence-corrected chi connectivity index (χ0v) is 9.52. The molecule has 0 aliphatic heterocycles. The molecule has 0 aromatic heterocycles. The van der Waals surface area contributed by atoms with Gasteiger partial charge in [0.1, 0.15) is 0 Å². The first-order chi connectivity index (χ1) is 7.19. The fraction of sp³-hybridized carbons (Fsp3) is 0.500. The number of carboxylic acids is 3. The van der Waals surface area contributed by atoms with Gasteiger partial charge in [0.25, 0.3) is 0 Å². The van der Waals surface area contributed by atoms with Crippen LogP contribution in [0.5, 0.6) is 0 Å². The number of rotatable bonds is 6. The van der Waals surface area contributed by atoms with Crippen LogP contribution in [0.2, 0.25) is 0 Å². The van der Waals surface area contributed by atoms with E-state index in [9.17, 15) is 19.2 Å². The fourth-order valence-electron chi connectivity index (χ4n) is 1.09. The topological polar surface area (TPSA) is 138 Å². The molecule has 102 valence electrons. The number of esters is 1. The Kier molecular flexibility index (Phi) is 17.3. The number of ether oxygens (including phenoxy) is 1. The van der Waals surface area contributed by atoms with Gasteiger partial charge in [-0.05, 0) is 0 Å². The van der Waals surface area contributed by atoms with Crippen LogP contribution in [-0.2, 0) is 23.9 Å². The Morgan fingerprint density at radius 3 is 1.42 bits per heavy atom. The molecule has 0 unspecified atom stereocenters. The summed E-state index contributed by atoms with van der Waals surface area (Å²) < 4.78 is 4.32. The summed E-state index contributed by atoms with van der Waals surface area (Å²) in [6.45, 7) is 0.862. The first kappa shape index (κ1) is 27.5. The van der Waals surface area contributed by atoms with Crippen LogP contribution in [0, 0.1) is 0 Å². The van der Waals surface area contributed by atoms with E-state index < -0.39 is 42.3 Å². The summed E-state index contributed by atoms with van der Waals surface area (Å²) in [5, 5.41) is 25.7. The summed E-state index contributed by atoms with van der Waals surface area (Å²) in [7, 11) is 0. The van der Waals surface area contributed by atoms with Crippen molar-refractivity contribution in [1.29, 1.82) is 0 Å². The van der Waals surface area contributed by atoms with E-state index in [-0.39, 0.29) is 71.5 Å². The number of carbonyl (C=O) groups excluding carboxylic acids is 1. The molecule has 0 aliphatic carbocycles. The minimum absolute atomic E-state index is 0. The number of carboxylic acid groups (broad SMARTS) is 3. The van der Waals surface area contributed by atoms with Crippen molar-refractivity contribution >= 4 is 95.4 Å². The van der Waals surface area contributed by atoms with Crippen molar-refractivity contribution < 1.29 is 39.2 Å². The molecule has 3 N–H and O–H groups in total. The summed E-state index contributed by atoms with van der Waals surface area (Å²) in [5.41, 5.74) is -2.57. The van der Waals surface area contributed by atoms with Crippen LogP contribution in [-0.4, -0.2) is 104 Å². The van der Waals surface area contributed by atoms with Crippen molar-refractivity contribution in [3.8, 4) is 0 Å². The first-order valence-electron chi connectivity index (χ1n) is 4.06. The third-order valence-electron chi connectivity index (χ3n) is 1.60. The van der Waals surface area contributed by atoms with Gasteiger partial charge in [0.15, 0.2) is 0 Å². The van der Waals surface area contributed by atoms with Crippen molar-refractivity contribution in [3.63, 3.8) is 0 Å². The second-order valence-electron chi connectivity index (χ2n) is 3.03. The van der Waals surface area contributed by atoms with Gasteiger partial charge in [-0.25, -0.2) is 4.79 Å². The van der Waals surface area contributed by atoms with Crippen molar-refractivity contribution in [2.24, 2.45) is 0 Å². The Hall–Kier alpha value is 0.170. The van der Waals surface area contributed by atoms with Gasteiger partial charge in [0, 0.05) is 6.92 Å². The fourth-order valence-corrected chi connectivity index (χ4v) is 1.09. The molecule has 0 aliphatic rings. The number of hydrogen-bond acceptors (Lipinski definition) is 5. The van der Waals surface area contributed by atoms with Gasteiger partial charge < -0.3 is 20.1 Å². The SMILES string of the molecule is CC(=O)OC(CC(=O)O)(CC(=O)O)C(=O)O.Cl.[NaH].[NaH]. The Bertz CT molecular complexity index is 305. The van der Waals surface area contributed by atoms with E-state index >= 15 is 0 Å². The number of hydrogen-bond donors (Lipinski definition) is 3. The van der Waals surface area contributed by atoms with Gasteiger partial charge in [-0.2, -0.15) is 0 Å². The number of carbonyl (C=O) groups is 4. The molecule has 0 atom stereocenters. The molecule has 0 amide bonds. The van der Waals surface area contributed by atoms with E-state index in [0.29, 0.717) is 0 Å². The molecule has 0 aromatic carbocycles. The molecule has 0 rings (SSSR count). The molecule has 0 spiro atoms. The zero-order chi connectivity index (χ0) is 12.9. The van der Waals surface area contributed by atoms with Crippen molar-refractivity contribution in [2.45, 2.75) is 25.4 Å². The normalized spacial score (nSPS) is 8.89. The van der Waals surface area contributed by atoms with Crippen LogP contribution in [0.3, 0.4) is 0 Å². The molecular weight excluding hydrogens is 306 g/mol. The number of halogens is 1. The molecule has 0 saturated carbocycles. The molecule has 0 saturated heterocycles. The third kappa shape index (κ3) is 10.6. The molecule has 0 heterocycles. The summed E-state index contributed by atoms with van der Waals surface area (Å²) in [5.74, 6) is -6.03. The van der Waals surface area contributed by atoms with Crippen molar-refractivity contribution in [3.05, 3.63) is 0 Å². The van der Waals surface area contributed by atoms with Gasteiger partial charge in [-0.3, -0.25) is 14.4 Å². The zero-order valence-electron chi connectivity index (χ0n) is 8.71. The predicted octanol–water partition coefficient (Wildman–Crippen LogP) is -1.55. The van der Waals surface area contributed by atoms with Crippen molar-refractivity contribution in [2.75, 3.05) is 0 Å². The molecule has 19 heavy (non-hydrogen) atoms. The molecule has 11 heteroatoms. The minimum atomic E-state index is -2.57. The average molecular weight is 319 g/mol. The predicted molar refractivity (Wildman–Crippen MR) is 68.2 cm³/mol. The van der Waals surface area contributed by atoms with E-state index in [2.05, 4.69) is 4.74 Å². The average Bonchev–Trinajstić information content (AvgIpc) is 1.98. The van der Waals surface area contributed by atoms with E-state index in [1.807, 2.05) is 0 Å². The number of aliphatic carboxylic acids is 3. The van der Waals surface area contributed by atoms with Gasteiger partial charge in [0.2, 0.25) is 5.60 Å². The summed E-state index contributed by atoms with van der Waals surface area (Å²) >= 11 is 0. The van der Waals surface area contributed by atoms with Crippen LogP contribution in [0.1, 0.15) is 19.8 Å². The van der Waals surface area contributed by atoms with E-state index in [0.717, 1.165) is 6.92 Å². The molecule has 0 radical (unpaired) electrons. The molecule has 0 fully saturated rings. The molecule has 8 nitrogen and oxygen atoms in total. The van der Waals surface area contributed by atoms with Crippen LogP contribution < -0.4 is 0 Å². The van der Waals surface area contributed by atoms with Gasteiger partial charge in [0.05, 0.1) is 12.8 Å². The van der Waals surface area contributed by atoms with Crippen LogP contribution >= 0.6 is 12.4 Å². The second-order valence-corrected chi connectivity index (χ2v) is 3.03. The summed E-state index contributed by atoms with van der Waals surface area (Å²) in [6.07, 6.45) is -2.23. The van der Waals surface area contributed by atoms with Gasteiger partial charge >= 0.3 is 83.0 Å².